The van der Waals surface area contributed by atoms with Crippen LogP contribution in [0.4, 0.5) is 5.69 Å². The molecule has 1 aliphatic rings. The zero-order valence-corrected chi connectivity index (χ0v) is 16.5. The first-order valence-electron chi connectivity index (χ1n) is 8.76. The summed E-state index contributed by atoms with van der Waals surface area (Å²) in [5.74, 6) is 0.0113. The second-order valence-corrected chi connectivity index (χ2v) is 7.84. The second kappa shape index (κ2) is 8.93. The molecule has 2 aromatic rings. The summed E-state index contributed by atoms with van der Waals surface area (Å²) < 4.78 is 42.6. The molecule has 0 bridgehead atoms. The SMILES string of the molecule is COC(=O)c1ccc(NC(=O)CCNS(=O)(=O)c2ccc3c(c2)OCCO3)cc1. The molecule has 3 rings (SSSR count). The molecule has 1 aliphatic heterocycles. The van der Waals surface area contributed by atoms with Crippen LogP contribution in [-0.2, 0) is 19.6 Å². The van der Waals surface area contributed by atoms with Crippen molar-refractivity contribution in [2.24, 2.45) is 0 Å². The lowest BCUT2D eigenvalue weighted by atomic mass is 10.2. The molecule has 2 N–H and O–H groups in total. The Bertz CT molecular complexity index is 1000. The maximum Gasteiger partial charge on any atom is 0.337 e. The van der Waals surface area contributed by atoms with Gasteiger partial charge in [-0.05, 0) is 36.4 Å². The van der Waals surface area contributed by atoms with E-state index < -0.39 is 16.0 Å². The second-order valence-electron chi connectivity index (χ2n) is 6.07. The van der Waals surface area contributed by atoms with Gasteiger partial charge in [0.2, 0.25) is 15.9 Å². The molecule has 0 fully saturated rings. The molecule has 154 valence electrons. The van der Waals surface area contributed by atoms with E-state index in [2.05, 4.69) is 14.8 Å². The van der Waals surface area contributed by atoms with E-state index in [4.69, 9.17) is 9.47 Å². The van der Waals surface area contributed by atoms with Crippen molar-refractivity contribution < 1.29 is 32.2 Å². The lowest BCUT2D eigenvalue weighted by molar-refractivity contribution is -0.116. The lowest BCUT2D eigenvalue weighted by Crippen LogP contribution is -2.28. The molecule has 0 aromatic heterocycles. The van der Waals surface area contributed by atoms with Crippen LogP contribution in [0.25, 0.3) is 0 Å². The van der Waals surface area contributed by atoms with Crippen LogP contribution in [-0.4, -0.2) is 47.2 Å². The molecule has 29 heavy (non-hydrogen) atoms. The van der Waals surface area contributed by atoms with Gasteiger partial charge in [-0.15, -0.1) is 0 Å². The summed E-state index contributed by atoms with van der Waals surface area (Å²) in [5, 5.41) is 2.63. The number of fused-ring (bicyclic) bond motifs is 1. The van der Waals surface area contributed by atoms with E-state index in [-0.39, 0.29) is 23.8 Å². The fourth-order valence-corrected chi connectivity index (χ4v) is 3.65. The number of ether oxygens (including phenoxy) is 3. The molecule has 1 amide bonds. The van der Waals surface area contributed by atoms with Gasteiger partial charge in [0.1, 0.15) is 13.2 Å². The highest BCUT2D eigenvalue weighted by Gasteiger charge is 2.19. The summed E-state index contributed by atoms with van der Waals surface area (Å²) in [6.07, 6.45) is -0.0669. The zero-order valence-electron chi connectivity index (χ0n) is 15.6. The Kier molecular flexibility index (Phi) is 6.35. The van der Waals surface area contributed by atoms with Crippen LogP contribution < -0.4 is 19.5 Å². The maximum absolute atomic E-state index is 12.4. The predicted molar refractivity (Wildman–Crippen MR) is 104 cm³/mol. The predicted octanol–water partition coefficient (Wildman–Crippen LogP) is 1.55. The van der Waals surface area contributed by atoms with Gasteiger partial charge in [-0.25, -0.2) is 17.9 Å². The number of hydrogen-bond acceptors (Lipinski definition) is 7. The average Bonchev–Trinajstić information content (AvgIpc) is 2.73. The van der Waals surface area contributed by atoms with Crippen molar-refractivity contribution in [1.29, 1.82) is 0 Å². The van der Waals surface area contributed by atoms with Crippen LogP contribution in [0.2, 0.25) is 0 Å². The highest BCUT2D eigenvalue weighted by molar-refractivity contribution is 7.89. The van der Waals surface area contributed by atoms with E-state index in [9.17, 15) is 18.0 Å². The first-order chi connectivity index (χ1) is 13.9. The van der Waals surface area contributed by atoms with Crippen LogP contribution in [0.15, 0.2) is 47.4 Å². The van der Waals surface area contributed by atoms with Crippen molar-refractivity contribution in [2.45, 2.75) is 11.3 Å². The third kappa shape index (κ3) is 5.24. The number of amides is 1. The molecule has 0 atom stereocenters. The van der Waals surface area contributed by atoms with Gasteiger partial charge >= 0.3 is 5.97 Å². The first kappa shape index (κ1) is 20.6. The molecular weight excluding hydrogens is 400 g/mol. The molecule has 0 spiro atoms. The summed E-state index contributed by atoms with van der Waals surface area (Å²) in [4.78, 5) is 23.4. The number of benzene rings is 2. The normalized spacial score (nSPS) is 12.9. The lowest BCUT2D eigenvalue weighted by Gasteiger charge is -2.18. The van der Waals surface area contributed by atoms with E-state index in [0.717, 1.165) is 0 Å². The quantitative estimate of drug-likeness (QED) is 0.652. The van der Waals surface area contributed by atoms with Gasteiger partial charge in [0.15, 0.2) is 11.5 Å². The Balaban J connectivity index is 1.52. The number of carbonyl (C=O) groups excluding carboxylic acids is 2. The van der Waals surface area contributed by atoms with Gasteiger partial charge in [0.25, 0.3) is 0 Å². The van der Waals surface area contributed by atoms with Crippen LogP contribution in [0.1, 0.15) is 16.8 Å². The number of hydrogen-bond donors (Lipinski definition) is 2. The molecule has 0 unspecified atom stereocenters. The van der Waals surface area contributed by atoms with Crippen LogP contribution >= 0.6 is 0 Å². The summed E-state index contributed by atoms with van der Waals surface area (Å²) in [5.41, 5.74) is 0.843. The van der Waals surface area contributed by atoms with Gasteiger partial charge in [0, 0.05) is 24.7 Å². The van der Waals surface area contributed by atoms with Crippen molar-refractivity contribution in [2.75, 3.05) is 32.2 Å². The zero-order chi connectivity index (χ0) is 20.9. The van der Waals surface area contributed by atoms with Crippen LogP contribution in [0.3, 0.4) is 0 Å². The van der Waals surface area contributed by atoms with Crippen molar-refractivity contribution in [3.05, 3.63) is 48.0 Å². The standard InChI is InChI=1S/C19H20N2O7S/c1-26-19(23)13-2-4-14(5-3-13)21-18(22)8-9-20-29(24,25)15-6-7-16-17(12-15)28-11-10-27-16/h2-7,12,20H,8-11H2,1H3,(H,21,22). The minimum absolute atomic E-state index is 0.0283. The number of rotatable bonds is 7. The first-order valence-corrected chi connectivity index (χ1v) is 10.2. The van der Waals surface area contributed by atoms with Gasteiger partial charge in [0.05, 0.1) is 17.6 Å². The van der Waals surface area contributed by atoms with Crippen LogP contribution in [0.5, 0.6) is 11.5 Å². The van der Waals surface area contributed by atoms with E-state index in [1.165, 1.54) is 37.4 Å². The van der Waals surface area contributed by atoms with E-state index >= 15 is 0 Å². The molecule has 0 saturated heterocycles. The van der Waals surface area contributed by atoms with Gasteiger partial charge in [-0.1, -0.05) is 0 Å². The topological polar surface area (TPSA) is 120 Å². The van der Waals surface area contributed by atoms with Crippen molar-refractivity contribution in [1.82, 2.24) is 4.72 Å². The Hall–Kier alpha value is -3.11. The van der Waals surface area contributed by atoms with Crippen molar-refractivity contribution in [3.8, 4) is 11.5 Å². The van der Waals surface area contributed by atoms with E-state index in [0.29, 0.717) is 36.0 Å². The molecule has 9 nitrogen and oxygen atoms in total. The third-order valence-corrected chi connectivity index (χ3v) is 5.52. The molecule has 2 aromatic carbocycles. The van der Waals surface area contributed by atoms with Crippen molar-refractivity contribution in [3.63, 3.8) is 0 Å². The fourth-order valence-electron chi connectivity index (χ4n) is 2.60. The summed E-state index contributed by atoms with van der Waals surface area (Å²) in [7, 11) is -2.52. The maximum atomic E-state index is 12.4. The van der Waals surface area contributed by atoms with E-state index in [1.807, 2.05) is 0 Å². The summed E-state index contributed by atoms with van der Waals surface area (Å²) >= 11 is 0. The Morgan fingerprint density at radius 2 is 1.72 bits per heavy atom. The smallest absolute Gasteiger partial charge is 0.337 e. The molecule has 10 heteroatoms. The minimum Gasteiger partial charge on any atom is -0.486 e. The summed E-state index contributed by atoms with van der Waals surface area (Å²) in [6.45, 7) is 0.686. The molecule has 1 heterocycles. The number of methoxy groups -OCH3 is 1. The highest BCUT2D eigenvalue weighted by Crippen LogP contribution is 2.32. The largest absolute Gasteiger partial charge is 0.486 e. The Morgan fingerprint density at radius 3 is 2.41 bits per heavy atom. The number of carbonyl (C=O) groups is 2. The number of sulfonamides is 1. The van der Waals surface area contributed by atoms with E-state index in [1.54, 1.807) is 12.1 Å². The average molecular weight is 420 g/mol. The van der Waals surface area contributed by atoms with Crippen LogP contribution in [0, 0.1) is 0 Å². The highest BCUT2D eigenvalue weighted by atomic mass is 32.2. The minimum atomic E-state index is -3.80. The third-order valence-electron chi connectivity index (χ3n) is 4.06. The Labute approximate surface area is 168 Å². The molecule has 0 aliphatic carbocycles. The number of esters is 1. The molecular formula is C19H20N2O7S. The number of anilines is 1. The van der Waals surface area contributed by atoms with Gasteiger partial charge < -0.3 is 19.5 Å². The fraction of sp³-hybridized carbons (Fsp3) is 0.263. The monoisotopic (exact) mass is 420 g/mol. The number of nitrogens with one attached hydrogen (secondary N) is 2. The van der Waals surface area contributed by atoms with Crippen molar-refractivity contribution >= 4 is 27.6 Å². The molecule has 0 saturated carbocycles. The molecule has 0 radical (unpaired) electrons. The van der Waals surface area contributed by atoms with Gasteiger partial charge in [-0.2, -0.15) is 0 Å². The van der Waals surface area contributed by atoms with Gasteiger partial charge in [-0.3, -0.25) is 4.79 Å². The summed E-state index contributed by atoms with van der Waals surface area (Å²) in [6, 6.07) is 10.5. The Morgan fingerprint density at radius 1 is 1.03 bits per heavy atom.